The Bertz CT molecular complexity index is 315. The summed E-state index contributed by atoms with van der Waals surface area (Å²) in [5.74, 6) is -0.641. The van der Waals surface area contributed by atoms with Gasteiger partial charge in [0.25, 0.3) is 6.43 Å². The minimum atomic E-state index is -2.81. The summed E-state index contributed by atoms with van der Waals surface area (Å²) in [5.41, 5.74) is -0.628. The fraction of sp³-hybridized carbons (Fsp3) is 0.250. The summed E-state index contributed by atoms with van der Waals surface area (Å²) in [5, 5.41) is 0. The van der Waals surface area contributed by atoms with Crippen LogP contribution in [0.3, 0.4) is 0 Å². The Morgan fingerprint density at radius 1 is 1.38 bits per heavy atom. The zero-order valence-electron chi connectivity index (χ0n) is 6.65. The maximum atomic E-state index is 12.9. The van der Waals surface area contributed by atoms with Crippen molar-refractivity contribution in [1.82, 2.24) is 0 Å². The lowest BCUT2D eigenvalue weighted by molar-refractivity contribution is 0.146. The van der Waals surface area contributed by atoms with Crippen molar-refractivity contribution in [3.05, 3.63) is 27.1 Å². The van der Waals surface area contributed by atoms with Crippen molar-refractivity contribution in [3.8, 4) is 5.75 Å². The number of ether oxygens (including phenoxy) is 1. The second-order valence-corrected chi connectivity index (χ2v) is 3.47. The molecule has 0 bridgehead atoms. The summed E-state index contributed by atoms with van der Waals surface area (Å²) in [6, 6.07) is 2.04. The predicted octanol–water partition coefficient (Wildman–Crippen LogP) is 3.38. The lowest BCUT2D eigenvalue weighted by Gasteiger charge is -2.07. The van der Waals surface area contributed by atoms with Gasteiger partial charge in [-0.15, -0.1) is 0 Å². The summed E-state index contributed by atoms with van der Waals surface area (Å²) in [6.45, 7) is 0. The molecule has 1 nitrogen and oxygen atoms in total. The van der Waals surface area contributed by atoms with Crippen LogP contribution in [0.5, 0.6) is 5.75 Å². The van der Waals surface area contributed by atoms with Crippen molar-refractivity contribution in [2.75, 3.05) is 7.11 Å². The van der Waals surface area contributed by atoms with E-state index in [0.717, 1.165) is 12.1 Å². The molecule has 0 aliphatic heterocycles. The highest BCUT2D eigenvalue weighted by Gasteiger charge is 2.16. The monoisotopic (exact) mass is 302 g/mol. The summed E-state index contributed by atoms with van der Waals surface area (Å²) < 4.78 is 42.5. The largest absolute Gasteiger partial charge is 0.496 e. The Balaban J connectivity index is 3.22. The van der Waals surface area contributed by atoms with E-state index in [1.54, 1.807) is 0 Å². The third-order valence-corrected chi connectivity index (χ3v) is 2.35. The molecule has 72 valence electrons. The second kappa shape index (κ2) is 4.17. The third kappa shape index (κ3) is 2.26. The average molecular weight is 302 g/mol. The van der Waals surface area contributed by atoms with Crippen LogP contribution in [0.25, 0.3) is 0 Å². The van der Waals surface area contributed by atoms with Crippen LogP contribution >= 0.6 is 22.6 Å². The lowest BCUT2D eigenvalue weighted by Crippen LogP contribution is -1.95. The molecule has 0 saturated carbocycles. The predicted molar refractivity (Wildman–Crippen MR) is 50.6 cm³/mol. The minimum absolute atomic E-state index is 0.261. The van der Waals surface area contributed by atoms with Crippen molar-refractivity contribution in [2.45, 2.75) is 6.43 Å². The molecule has 0 amide bonds. The van der Waals surface area contributed by atoms with Crippen molar-refractivity contribution < 1.29 is 17.9 Å². The number of benzene rings is 1. The first-order valence-electron chi connectivity index (χ1n) is 3.37. The molecule has 0 aromatic heterocycles. The van der Waals surface area contributed by atoms with Gasteiger partial charge in [0.15, 0.2) is 0 Å². The molecule has 5 heteroatoms. The van der Waals surface area contributed by atoms with Crippen LogP contribution in [0.4, 0.5) is 13.2 Å². The molecule has 0 radical (unpaired) electrons. The van der Waals surface area contributed by atoms with E-state index in [1.165, 1.54) is 7.11 Å². The molecule has 0 aliphatic rings. The van der Waals surface area contributed by atoms with E-state index in [0.29, 0.717) is 3.57 Å². The molecule has 13 heavy (non-hydrogen) atoms. The Labute approximate surface area is 87.0 Å². The molecule has 0 aliphatic carbocycles. The maximum Gasteiger partial charge on any atom is 0.266 e. The first-order valence-corrected chi connectivity index (χ1v) is 4.45. The van der Waals surface area contributed by atoms with Crippen LogP contribution in [0.15, 0.2) is 12.1 Å². The molecule has 0 fully saturated rings. The van der Waals surface area contributed by atoms with E-state index in [2.05, 4.69) is 0 Å². The number of hydrogen-bond acceptors (Lipinski definition) is 1. The maximum absolute atomic E-state index is 12.9. The fourth-order valence-corrected chi connectivity index (χ4v) is 1.52. The Hall–Kier alpha value is -0.460. The molecule has 1 rings (SSSR count). The highest BCUT2D eigenvalue weighted by atomic mass is 127. The summed E-state index contributed by atoms with van der Waals surface area (Å²) in [4.78, 5) is 0. The number of hydrogen-bond donors (Lipinski definition) is 0. The zero-order chi connectivity index (χ0) is 10.0. The highest BCUT2D eigenvalue weighted by molar-refractivity contribution is 14.1. The molecule has 0 heterocycles. The van der Waals surface area contributed by atoms with Crippen molar-refractivity contribution in [1.29, 1.82) is 0 Å². The first-order chi connectivity index (χ1) is 6.06. The molecular weight excluding hydrogens is 296 g/mol. The quantitative estimate of drug-likeness (QED) is 0.761. The van der Waals surface area contributed by atoms with E-state index in [1.807, 2.05) is 22.6 Å². The van der Waals surface area contributed by atoms with E-state index in [4.69, 9.17) is 4.74 Å². The van der Waals surface area contributed by atoms with Crippen molar-refractivity contribution in [3.63, 3.8) is 0 Å². The van der Waals surface area contributed by atoms with Crippen LogP contribution in [-0.4, -0.2) is 7.11 Å². The van der Waals surface area contributed by atoms with Crippen LogP contribution in [0.2, 0.25) is 0 Å². The standard InChI is InChI=1S/C8H6F3IO/c1-13-7-2-4(8(10)11)5(9)3-6(7)12/h2-3,8H,1H3. The van der Waals surface area contributed by atoms with E-state index < -0.39 is 17.8 Å². The topological polar surface area (TPSA) is 9.23 Å². The number of rotatable bonds is 2. The van der Waals surface area contributed by atoms with Gasteiger partial charge in [-0.05, 0) is 34.7 Å². The first kappa shape index (κ1) is 10.6. The molecule has 0 N–H and O–H groups in total. The molecule has 0 spiro atoms. The van der Waals surface area contributed by atoms with Crippen LogP contribution in [0, 0.1) is 9.39 Å². The van der Waals surface area contributed by atoms with Gasteiger partial charge in [0.05, 0.1) is 16.2 Å². The van der Waals surface area contributed by atoms with Gasteiger partial charge in [0.1, 0.15) is 11.6 Å². The van der Waals surface area contributed by atoms with Gasteiger partial charge in [0.2, 0.25) is 0 Å². The van der Waals surface area contributed by atoms with Gasteiger partial charge in [-0.25, -0.2) is 13.2 Å². The fourth-order valence-electron chi connectivity index (χ4n) is 0.868. The van der Waals surface area contributed by atoms with Crippen molar-refractivity contribution >= 4 is 22.6 Å². The number of alkyl halides is 2. The third-order valence-electron chi connectivity index (χ3n) is 1.51. The minimum Gasteiger partial charge on any atom is -0.496 e. The Kier molecular flexibility index (Phi) is 3.40. The van der Waals surface area contributed by atoms with Gasteiger partial charge < -0.3 is 4.74 Å². The molecule has 0 saturated heterocycles. The highest BCUT2D eigenvalue weighted by Crippen LogP contribution is 2.29. The SMILES string of the molecule is COc1cc(C(F)F)c(F)cc1I. The zero-order valence-corrected chi connectivity index (χ0v) is 8.81. The average Bonchev–Trinajstić information content (AvgIpc) is 2.03. The molecule has 1 aromatic carbocycles. The van der Waals surface area contributed by atoms with E-state index in [9.17, 15) is 13.2 Å². The molecular formula is C8H6F3IO. The second-order valence-electron chi connectivity index (χ2n) is 2.31. The Morgan fingerprint density at radius 3 is 2.46 bits per heavy atom. The summed E-state index contributed by atoms with van der Waals surface area (Å²) in [6.07, 6.45) is -2.81. The summed E-state index contributed by atoms with van der Waals surface area (Å²) >= 11 is 1.82. The molecule has 0 unspecified atom stereocenters. The van der Waals surface area contributed by atoms with E-state index in [-0.39, 0.29) is 5.75 Å². The smallest absolute Gasteiger partial charge is 0.266 e. The van der Waals surface area contributed by atoms with Crippen LogP contribution in [0.1, 0.15) is 12.0 Å². The Morgan fingerprint density at radius 2 is 2.00 bits per heavy atom. The van der Waals surface area contributed by atoms with Crippen molar-refractivity contribution in [2.24, 2.45) is 0 Å². The van der Waals surface area contributed by atoms with Gasteiger partial charge in [-0.1, -0.05) is 0 Å². The molecule has 0 atom stereocenters. The van der Waals surface area contributed by atoms with Crippen LogP contribution in [-0.2, 0) is 0 Å². The number of halogens is 4. The van der Waals surface area contributed by atoms with Gasteiger partial charge in [0, 0.05) is 0 Å². The van der Waals surface area contributed by atoms with Crippen LogP contribution < -0.4 is 4.74 Å². The van der Waals surface area contributed by atoms with Gasteiger partial charge in [-0.3, -0.25) is 0 Å². The number of methoxy groups -OCH3 is 1. The van der Waals surface area contributed by atoms with Gasteiger partial charge >= 0.3 is 0 Å². The summed E-state index contributed by atoms with van der Waals surface area (Å²) in [7, 11) is 1.35. The normalized spacial score (nSPS) is 10.6. The van der Waals surface area contributed by atoms with Gasteiger partial charge in [-0.2, -0.15) is 0 Å². The lowest BCUT2D eigenvalue weighted by atomic mass is 10.2. The van der Waals surface area contributed by atoms with E-state index >= 15 is 0 Å². The molecule has 1 aromatic rings.